The van der Waals surface area contributed by atoms with Crippen LogP contribution in [0.2, 0.25) is 5.02 Å². The van der Waals surface area contributed by atoms with E-state index in [1.165, 1.54) is 7.11 Å². The fourth-order valence-electron chi connectivity index (χ4n) is 5.47. The Kier molecular flexibility index (Phi) is 5.86. The lowest BCUT2D eigenvalue weighted by atomic mass is 9.90. The molecule has 6 nitrogen and oxygen atoms in total. The second-order valence-electron chi connectivity index (χ2n) is 9.12. The summed E-state index contributed by atoms with van der Waals surface area (Å²) in [5, 5.41) is 12.8. The van der Waals surface area contributed by atoms with Crippen LogP contribution in [-0.2, 0) is 9.59 Å². The van der Waals surface area contributed by atoms with Gasteiger partial charge < -0.3 is 19.7 Å². The lowest BCUT2D eigenvalue weighted by molar-refractivity contribution is -0.141. The molecular weight excluding hydrogens is 452 g/mol. The van der Waals surface area contributed by atoms with Crippen molar-refractivity contribution in [2.45, 2.75) is 51.1 Å². The molecule has 2 aromatic carbocycles. The number of aromatic amines is 1. The van der Waals surface area contributed by atoms with Gasteiger partial charge >= 0.3 is 0 Å². The maximum absolute atomic E-state index is 13.5. The van der Waals surface area contributed by atoms with Gasteiger partial charge in [-0.3, -0.25) is 9.59 Å². The van der Waals surface area contributed by atoms with Crippen LogP contribution in [0.15, 0.2) is 48.2 Å². The van der Waals surface area contributed by atoms with Crippen molar-refractivity contribution in [3.63, 3.8) is 0 Å². The van der Waals surface area contributed by atoms with Gasteiger partial charge in [0.1, 0.15) is 11.5 Å². The number of nitrogens with one attached hydrogen (secondary N) is 1. The predicted octanol–water partition coefficient (Wildman–Crippen LogP) is 5.89. The van der Waals surface area contributed by atoms with E-state index < -0.39 is 17.7 Å². The van der Waals surface area contributed by atoms with Gasteiger partial charge in [0.05, 0.1) is 29.3 Å². The number of Topliss-reactive ketones (excluding diaryl/α,β-unsaturated/α-hetero) is 1. The number of aryl methyl sites for hydroxylation is 1. The van der Waals surface area contributed by atoms with Crippen molar-refractivity contribution in [3.8, 4) is 5.75 Å². The Balaban J connectivity index is 1.77. The van der Waals surface area contributed by atoms with Crippen LogP contribution in [0, 0.1) is 6.92 Å². The zero-order chi connectivity index (χ0) is 24.0. The van der Waals surface area contributed by atoms with Gasteiger partial charge in [-0.15, -0.1) is 0 Å². The van der Waals surface area contributed by atoms with Crippen LogP contribution in [0.3, 0.4) is 0 Å². The van der Waals surface area contributed by atoms with Crippen molar-refractivity contribution in [1.82, 2.24) is 9.88 Å². The Morgan fingerprint density at radius 1 is 1.15 bits per heavy atom. The summed E-state index contributed by atoms with van der Waals surface area (Å²) in [6.45, 7) is 1.85. The second kappa shape index (κ2) is 8.84. The van der Waals surface area contributed by atoms with E-state index in [0.717, 1.165) is 54.1 Å². The Labute approximate surface area is 203 Å². The largest absolute Gasteiger partial charge is 0.507 e. The number of hydrogen-bond donors (Lipinski definition) is 2. The highest BCUT2D eigenvalue weighted by atomic mass is 35.5. The first-order valence-electron chi connectivity index (χ1n) is 11.6. The number of fused-ring (bicyclic) bond motifs is 1. The van der Waals surface area contributed by atoms with Gasteiger partial charge in [0.15, 0.2) is 0 Å². The van der Waals surface area contributed by atoms with Gasteiger partial charge in [0.25, 0.3) is 11.7 Å². The monoisotopic (exact) mass is 478 g/mol. The molecule has 2 aliphatic rings. The summed E-state index contributed by atoms with van der Waals surface area (Å²) < 4.78 is 5.47. The zero-order valence-electron chi connectivity index (χ0n) is 19.2. The van der Waals surface area contributed by atoms with E-state index in [4.69, 9.17) is 16.3 Å². The lowest BCUT2D eigenvalue weighted by Gasteiger charge is -2.35. The summed E-state index contributed by atoms with van der Waals surface area (Å²) in [6, 6.07) is 10.5. The van der Waals surface area contributed by atoms with Gasteiger partial charge in [-0.2, -0.15) is 0 Å². The molecule has 1 aromatic heterocycles. The summed E-state index contributed by atoms with van der Waals surface area (Å²) in [5.74, 6) is -1.25. The molecule has 1 aliphatic carbocycles. The molecule has 0 bridgehead atoms. The van der Waals surface area contributed by atoms with E-state index in [1.807, 2.05) is 37.4 Å². The van der Waals surface area contributed by atoms with Gasteiger partial charge in [0.2, 0.25) is 0 Å². The average Bonchev–Trinajstić information content (AvgIpc) is 3.37. The Hall–Kier alpha value is -3.25. The Bertz CT molecular complexity index is 1320. The number of aromatic nitrogens is 1. The van der Waals surface area contributed by atoms with Crippen molar-refractivity contribution in [2.24, 2.45) is 0 Å². The fraction of sp³-hybridized carbons (Fsp3) is 0.333. The average molecular weight is 479 g/mol. The van der Waals surface area contributed by atoms with Crippen LogP contribution in [0.1, 0.15) is 54.8 Å². The molecule has 3 aromatic rings. The van der Waals surface area contributed by atoms with E-state index >= 15 is 0 Å². The molecule has 1 amide bonds. The number of carbonyl (C=O) groups is 2. The minimum Gasteiger partial charge on any atom is -0.507 e. The summed E-state index contributed by atoms with van der Waals surface area (Å²) in [6.07, 6.45) is 6.66. The second-order valence-corrected chi connectivity index (χ2v) is 9.52. The number of ketones is 1. The summed E-state index contributed by atoms with van der Waals surface area (Å²) in [4.78, 5) is 31.9. The Morgan fingerprint density at radius 3 is 2.62 bits per heavy atom. The number of ether oxygens (including phenoxy) is 1. The van der Waals surface area contributed by atoms with Crippen LogP contribution in [-0.4, -0.2) is 39.8 Å². The van der Waals surface area contributed by atoms with Crippen molar-refractivity contribution >= 4 is 40.0 Å². The summed E-state index contributed by atoms with van der Waals surface area (Å²) >= 11 is 6.39. The normalized spacial score (nSPS) is 20.9. The molecule has 2 heterocycles. The third-order valence-corrected chi connectivity index (χ3v) is 7.29. The molecule has 34 heavy (non-hydrogen) atoms. The van der Waals surface area contributed by atoms with E-state index in [2.05, 4.69) is 4.98 Å². The first-order valence-corrected chi connectivity index (χ1v) is 12.0. The molecule has 7 heteroatoms. The SMILES string of the molecule is COc1c(Cl)cc(C)cc1/C(O)=C1\C(=O)C(=O)N(C2CCCCC2)C1c1c[nH]c2ccccc12. The molecule has 1 saturated carbocycles. The molecule has 1 atom stereocenters. The molecule has 2 N–H and O–H groups in total. The minimum atomic E-state index is -0.705. The number of methoxy groups -OCH3 is 1. The van der Waals surface area contributed by atoms with Crippen molar-refractivity contribution in [2.75, 3.05) is 7.11 Å². The van der Waals surface area contributed by atoms with Crippen LogP contribution in [0.25, 0.3) is 16.7 Å². The predicted molar refractivity (Wildman–Crippen MR) is 132 cm³/mol. The molecule has 1 aliphatic heterocycles. The van der Waals surface area contributed by atoms with Crippen LogP contribution in [0.5, 0.6) is 5.75 Å². The van der Waals surface area contributed by atoms with Crippen LogP contribution in [0.4, 0.5) is 0 Å². The van der Waals surface area contributed by atoms with Gasteiger partial charge in [0, 0.05) is 28.7 Å². The van der Waals surface area contributed by atoms with Crippen LogP contribution < -0.4 is 4.74 Å². The summed E-state index contributed by atoms with van der Waals surface area (Å²) in [7, 11) is 1.46. The zero-order valence-corrected chi connectivity index (χ0v) is 20.0. The van der Waals surface area contributed by atoms with Crippen molar-refractivity contribution < 1.29 is 19.4 Å². The first kappa shape index (κ1) is 22.5. The number of hydrogen-bond acceptors (Lipinski definition) is 4. The number of halogens is 1. The molecule has 176 valence electrons. The number of rotatable bonds is 4. The van der Waals surface area contributed by atoms with E-state index in [-0.39, 0.29) is 23.1 Å². The topological polar surface area (TPSA) is 82.6 Å². The fourth-order valence-corrected chi connectivity index (χ4v) is 5.82. The number of carbonyl (C=O) groups excluding carboxylic acids is 2. The molecular formula is C27H27ClN2O4. The Morgan fingerprint density at radius 2 is 1.88 bits per heavy atom. The number of para-hydroxylation sites is 1. The van der Waals surface area contributed by atoms with E-state index in [1.54, 1.807) is 17.0 Å². The highest BCUT2D eigenvalue weighted by Crippen LogP contribution is 2.46. The molecule has 5 rings (SSSR count). The minimum absolute atomic E-state index is 0.0582. The smallest absolute Gasteiger partial charge is 0.295 e. The highest BCUT2D eigenvalue weighted by Gasteiger charge is 2.49. The highest BCUT2D eigenvalue weighted by molar-refractivity contribution is 6.47. The number of aliphatic hydroxyl groups excluding tert-OH is 1. The van der Waals surface area contributed by atoms with Gasteiger partial charge in [-0.05, 0) is 43.5 Å². The number of likely N-dealkylation sites (tertiary alicyclic amines) is 1. The molecule has 1 saturated heterocycles. The molecule has 2 fully saturated rings. The molecule has 1 unspecified atom stereocenters. The quantitative estimate of drug-likeness (QED) is 0.278. The molecule has 0 radical (unpaired) electrons. The molecule has 0 spiro atoms. The maximum atomic E-state index is 13.5. The number of aliphatic hydroxyl groups is 1. The number of H-pyrrole nitrogens is 1. The number of benzene rings is 2. The third-order valence-electron chi connectivity index (χ3n) is 7.01. The van der Waals surface area contributed by atoms with Crippen molar-refractivity contribution in [3.05, 3.63) is 69.9 Å². The number of nitrogens with zero attached hydrogens (tertiary/aromatic N) is 1. The maximum Gasteiger partial charge on any atom is 0.295 e. The lowest BCUT2D eigenvalue weighted by Crippen LogP contribution is -2.40. The van der Waals surface area contributed by atoms with Gasteiger partial charge in [-0.25, -0.2) is 0 Å². The van der Waals surface area contributed by atoms with Crippen molar-refractivity contribution in [1.29, 1.82) is 0 Å². The summed E-state index contributed by atoms with van der Waals surface area (Å²) in [5.41, 5.74) is 2.87. The van der Waals surface area contributed by atoms with E-state index in [0.29, 0.717) is 10.6 Å². The third kappa shape index (κ3) is 3.57. The van der Waals surface area contributed by atoms with Crippen LogP contribution >= 0.6 is 11.6 Å². The number of amides is 1. The standard InChI is InChI=1S/C27H27ClN2O4/c1-15-12-18(26(34-2)20(28)13-15)24(31)22-23(19-14-29-21-11-7-6-10-17(19)21)30(27(33)25(22)32)16-8-4-3-5-9-16/h6-7,10-14,16,23,29,31H,3-5,8-9H2,1-2H3/b24-22+. The first-order chi connectivity index (χ1) is 16.4. The van der Waals surface area contributed by atoms with Gasteiger partial charge in [-0.1, -0.05) is 49.1 Å². The van der Waals surface area contributed by atoms with E-state index in [9.17, 15) is 14.7 Å².